The Hall–Kier alpha value is -4.79. The van der Waals surface area contributed by atoms with Crippen LogP contribution in [-0.2, 0) is 4.79 Å². The molecule has 3 N–H and O–H groups in total. The summed E-state index contributed by atoms with van der Waals surface area (Å²) in [5, 5.41) is 2.83. The van der Waals surface area contributed by atoms with Crippen molar-refractivity contribution >= 4 is 35.5 Å². The topological polar surface area (TPSA) is 111 Å². The molecule has 0 fully saturated rings. The maximum Gasteiger partial charge on any atom is 0.248 e. The minimum atomic E-state index is -0.336. The molecule has 0 aromatic heterocycles. The van der Waals surface area contributed by atoms with Crippen molar-refractivity contribution in [2.24, 2.45) is 0 Å². The summed E-state index contributed by atoms with van der Waals surface area (Å²) >= 11 is 0. The van der Waals surface area contributed by atoms with Gasteiger partial charge in [-0.3, -0.25) is 4.79 Å². The highest BCUT2D eigenvalue weighted by molar-refractivity contribution is 6.03. The molecule has 3 rings (SSSR count). The molecule has 0 saturated carbocycles. The van der Waals surface area contributed by atoms with Gasteiger partial charge in [-0.15, -0.1) is 0 Å². The molecule has 0 radical (unpaired) electrons. The number of anilines is 2. The molecular formula is C29H32N2O7. The SMILES string of the molecule is COc1cc(C=Cc2cc(OC)c(OC)c(OC)c2)ccc1NC(=O)/C=C/c1cc(N)c(OC)c(OC)c1. The van der Waals surface area contributed by atoms with E-state index in [-0.39, 0.29) is 5.91 Å². The van der Waals surface area contributed by atoms with E-state index in [4.69, 9.17) is 34.2 Å². The second-order valence-electron chi connectivity index (χ2n) is 7.92. The summed E-state index contributed by atoms with van der Waals surface area (Å²) in [4.78, 5) is 12.6. The lowest BCUT2D eigenvalue weighted by Crippen LogP contribution is -2.09. The molecule has 200 valence electrons. The number of methoxy groups -OCH3 is 6. The van der Waals surface area contributed by atoms with Crippen LogP contribution in [0.25, 0.3) is 18.2 Å². The number of nitrogen functional groups attached to an aromatic ring is 1. The fraction of sp³-hybridized carbons (Fsp3) is 0.207. The van der Waals surface area contributed by atoms with Crippen LogP contribution in [0.2, 0.25) is 0 Å². The zero-order valence-electron chi connectivity index (χ0n) is 22.3. The number of hydrogen-bond acceptors (Lipinski definition) is 8. The van der Waals surface area contributed by atoms with Crippen LogP contribution in [0.1, 0.15) is 16.7 Å². The van der Waals surface area contributed by atoms with Crippen LogP contribution in [0.5, 0.6) is 34.5 Å². The summed E-state index contributed by atoms with van der Waals surface area (Å²) in [7, 11) is 9.28. The molecule has 9 nitrogen and oxygen atoms in total. The summed E-state index contributed by atoms with van der Waals surface area (Å²) in [6.07, 6.45) is 6.86. The van der Waals surface area contributed by atoms with Gasteiger partial charge in [-0.1, -0.05) is 18.2 Å². The largest absolute Gasteiger partial charge is 0.495 e. The van der Waals surface area contributed by atoms with E-state index in [1.165, 1.54) is 20.3 Å². The maximum absolute atomic E-state index is 12.6. The quantitative estimate of drug-likeness (QED) is 0.203. The minimum absolute atomic E-state index is 0.336. The van der Waals surface area contributed by atoms with Crippen LogP contribution in [0.4, 0.5) is 11.4 Å². The van der Waals surface area contributed by atoms with E-state index in [1.807, 2.05) is 36.4 Å². The highest BCUT2D eigenvalue weighted by Gasteiger charge is 2.13. The molecular weight excluding hydrogens is 488 g/mol. The zero-order chi connectivity index (χ0) is 27.7. The van der Waals surface area contributed by atoms with Crippen molar-refractivity contribution in [3.8, 4) is 34.5 Å². The van der Waals surface area contributed by atoms with Gasteiger partial charge in [-0.2, -0.15) is 0 Å². The molecule has 9 heteroatoms. The van der Waals surface area contributed by atoms with Crippen LogP contribution in [0, 0.1) is 0 Å². The smallest absolute Gasteiger partial charge is 0.248 e. The van der Waals surface area contributed by atoms with Gasteiger partial charge in [0.2, 0.25) is 11.7 Å². The van der Waals surface area contributed by atoms with Crippen molar-refractivity contribution in [3.63, 3.8) is 0 Å². The van der Waals surface area contributed by atoms with Crippen molar-refractivity contribution in [2.75, 3.05) is 53.7 Å². The van der Waals surface area contributed by atoms with Gasteiger partial charge in [0.15, 0.2) is 23.0 Å². The molecule has 3 aromatic carbocycles. The number of ether oxygens (including phenoxy) is 6. The third-order valence-electron chi connectivity index (χ3n) is 5.60. The first kappa shape index (κ1) is 27.8. The third-order valence-corrected chi connectivity index (χ3v) is 5.60. The Bertz CT molecular complexity index is 1320. The Kier molecular flexibility index (Phi) is 9.48. The van der Waals surface area contributed by atoms with Gasteiger partial charge in [0.05, 0.1) is 54.0 Å². The average molecular weight is 521 g/mol. The number of hydrogen-bond donors (Lipinski definition) is 2. The molecule has 0 aliphatic rings. The molecule has 0 bridgehead atoms. The Labute approximate surface area is 222 Å². The normalized spacial score (nSPS) is 10.9. The maximum atomic E-state index is 12.6. The number of benzene rings is 3. The van der Waals surface area contributed by atoms with E-state index >= 15 is 0 Å². The highest BCUT2D eigenvalue weighted by atomic mass is 16.5. The Morgan fingerprint density at radius 1 is 0.632 bits per heavy atom. The lowest BCUT2D eigenvalue weighted by atomic mass is 10.1. The Morgan fingerprint density at radius 2 is 1.13 bits per heavy atom. The second-order valence-corrected chi connectivity index (χ2v) is 7.92. The van der Waals surface area contributed by atoms with Crippen LogP contribution in [-0.4, -0.2) is 48.6 Å². The molecule has 38 heavy (non-hydrogen) atoms. The van der Waals surface area contributed by atoms with E-state index in [2.05, 4.69) is 5.32 Å². The van der Waals surface area contributed by atoms with Crippen molar-refractivity contribution in [2.45, 2.75) is 0 Å². The summed E-state index contributed by atoms with van der Waals surface area (Å²) in [5.41, 5.74) is 9.36. The average Bonchev–Trinajstić information content (AvgIpc) is 2.94. The van der Waals surface area contributed by atoms with Crippen LogP contribution >= 0.6 is 0 Å². The van der Waals surface area contributed by atoms with Crippen molar-refractivity contribution in [1.82, 2.24) is 0 Å². The lowest BCUT2D eigenvalue weighted by Gasteiger charge is -2.13. The molecule has 1 amide bonds. The second kappa shape index (κ2) is 13.0. The monoisotopic (exact) mass is 520 g/mol. The minimum Gasteiger partial charge on any atom is -0.495 e. The van der Waals surface area contributed by atoms with Gasteiger partial charge < -0.3 is 39.5 Å². The van der Waals surface area contributed by atoms with Crippen LogP contribution < -0.4 is 39.5 Å². The first-order chi connectivity index (χ1) is 18.4. The Balaban J connectivity index is 1.76. The summed E-state index contributed by atoms with van der Waals surface area (Å²) in [5.74, 6) is 2.74. The summed E-state index contributed by atoms with van der Waals surface area (Å²) in [6, 6.07) is 12.6. The number of carbonyl (C=O) groups excluding carboxylic acids is 1. The fourth-order valence-electron chi connectivity index (χ4n) is 3.76. The molecule has 3 aromatic rings. The first-order valence-corrected chi connectivity index (χ1v) is 11.5. The highest BCUT2D eigenvalue weighted by Crippen LogP contribution is 2.39. The molecule has 0 spiro atoms. The van der Waals surface area contributed by atoms with Gasteiger partial charge in [0.25, 0.3) is 0 Å². The van der Waals surface area contributed by atoms with Crippen molar-refractivity contribution < 1.29 is 33.2 Å². The zero-order valence-corrected chi connectivity index (χ0v) is 22.3. The third kappa shape index (κ3) is 6.50. The number of nitrogens with two attached hydrogens (primary N) is 1. The molecule has 0 saturated heterocycles. The van der Waals surface area contributed by atoms with E-state index < -0.39 is 0 Å². The first-order valence-electron chi connectivity index (χ1n) is 11.5. The van der Waals surface area contributed by atoms with E-state index in [9.17, 15) is 4.79 Å². The van der Waals surface area contributed by atoms with Gasteiger partial charge in [0, 0.05) is 6.08 Å². The molecule has 0 aliphatic carbocycles. The van der Waals surface area contributed by atoms with Gasteiger partial charge in [-0.05, 0) is 59.2 Å². The molecule has 0 unspecified atom stereocenters. The van der Waals surface area contributed by atoms with E-state index in [0.717, 1.165) is 11.1 Å². The summed E-state index contributed by atoms with van der Waals surface area (Å²) < 4.78 is 32.2. The molecule has 0 heterocycles. The van der Waals surface area contributed by atoms with Gasteiger partial charge >= 0.3 is 0 Å². The van der Waals surface area contributed by atoms with Gasteiger partial charge in [0.1, 0.15) is 5.75 Å². The van der Waals surface area contributed by atoms with Crippen molar-refractivity contribution in [1.29, 1.82) is 0 Å². The lowest BCUT2D eigenvalue weighted by molar-refractivity contribution is -0.111. The molecule has 0 atom stereocenters. The number of carbonyl (C=O) groups is 1. The van der Waals surface area contributed by atoms with Crippen molar-refractivity contribution in [3.05, 3.63) is 65.2 Å². The van der Waals surface area contributed by atoms with E-state index in [1.54, 1.807) is 52.7 Å². The summed E-state index contributed by atoms with van der Waals surface area (Å²) in [6.45, 7) is 0. The number of rotatable bonds is 11. The number of nitrogens with one attached hydrogen (secondary N) is 1. The predicted octanol–water partition coefficient (Wildman–Crippen LogP) is 5.14. The standard InChI is InChI=1S/C29H32N2O7/c1-33-23-14-18(7-8-20-16-25(35-3)29(38-6)26(17-20)36-4)9-11-22(23)31-27(32)12-10-19-13-21(30)28(37-5)24(15-19)34-2/h7-17H,30H2,1-6H3,(H,31,32)/b8-7?,12-10+. The fourth-order valence-corrected chi connectivity index (χ4v) is 3.76. The van der Waals surface area contributed by atoms with Gasteiger partial charge in [-0.25, -0.2) is 0 Å². The van der Waals surface area contributed by atoms with E-state index in [0.29, 0.717) is 51.4 Å². The van der Waals surface area contributed by atoms with Crippen LogP contribution in [0.3, 0.4) is 0 Å². The predicted molar refractivity (Wildman–Crippen MR) is 150 cm³/mol. The molecule has 0 aliphatic heterocycles. The Morgan fingerprint density at radius 3 is 1.68 bits per heavy atom. The van der Waals surface area contributed by atoms with Crippen LogP contribution in [0.15, 0.2) is 48.5 Å². The number of amides is 1.